The summed E-state index contributed by atoms with van der Waals surface area (Å²) < 4.78 is 0. The number of carboxylic acid groups (broad SMARTS) is 1. The van der Waals surface area contributed by atoms with Gasteiger partial charge in [-0.25, -0.2) is 9.59 Å². The van der Waals surface area contributed by atoms with Gasteiger partial charge in [-0.3, -0.25) is 0 Å². The molecule has 2 amide bonds. The Balaban J connectivity index is 2.48. The highest BCUT2D eigenvalue weighted by molar-refractivity contribution is 5.77. The largest absolute Gasteiger partial charge is 0.479 e. The Morgan fingerprint density at radius 1 is 1.26 bits per heavy atom. The molecule has 1 aromatic carbocycles. The minimum absolute atomic E-state index is 0.150. The van der Waals surface area contributed by atoms with Gasteiger partial charge in [-0.05, 0) is 12.0 Å². The van der Waals surface area contributed by atoms with Crippen LogP contribution in [0.4, 0.5) is 4.79 Å². The fourth-order valence-electron chi connectivity index (χ4n) is 1.59. The lowest BCUT2D eigenvalue weighted by atomic mass is 10.1. The van der Waals surface area contributed by atoms with Crippen LogP contribution in [-0.2, 0) is 4.79 Å². The summed E-state index contributed by atoms with van der Waals surface area (Å²) in [5.74, 6) is -1.37. The molecule has 1 rings (SSSR count). The summed E-state index contributed by atoms with van der Waals surface area (Å²) in [6.45, 7) is 1.61. The number of carbonyl (C=O) groups is 2. The highest BCUT2D eigenvalue weighted by atomic mass is 16.4. The molecule has 0 saturated heterocycles. The lowest BCUT2D eigenvalue weighted by molar-refractivity contribution is -0.146. The van der Waals surface area contributed by atoms with Crippen LogP contribution in [0.3, 0.4) is 0 Å². The molecule has 4 N–H and O–H groups in total. The molecule has 0 fully saturated rings. The fourth-order valence-corrected chi connectivity index (χ4v) is 1.59. The van der Waals surface area contributed by atoms with E-state index in [0.717, 1.165) is 5.56 Å². The molecule has 0 heterocycles. The molecule has 6 nitrogen and oxygen atoms in total. The summed E-state index contributed by atoms with van der Waals surface area (Å²) >= 11 is 0. The van der Waals surface area contributed by atoms with Crippen LogP contribution >= 0.6 is 0 Å². The molecule has 0 aliphatic heterocycles. The Morgan fingerprint density at radius 3 is 2.42 bits per heavy atom. The van der Waals surface area contributed by atoms with Crippen molar-refractivity contribution in [3.63, 3.8) is 0 Å². The average molecular weight is 266 g/mol. The van der Waals surface area contributed by atoms with E-state index in [1.165, 1.54) is 0 Å². The van der Waals surface area contributed by atoms with Crippen LogP contribution in [-0.4, -0.2) is 34.9 Å². The van der Waals surface area contributed by atoms with Crippen molar-refractivity contribution in [1.29, 1.82) is 0 Å². The monoisotopic (exact) mass is 266 g/mol. The van der Waals surface area contributed by atoms with Gasteiger partial charge in [-0.2, -0.15) is 0 Å². The van der Waals surface area contributed by atoms with Gasteiger partial charge in [-0.1, -0.05) is 37.3 Å². The third-order valence-electron chi connectivity index (χ3n) is 2.66. The van der Waals surface area contributed by atoms with Crippen molar-refractivity contribution in [3.8, 4) is 0 Å². The summed E-state index contributed by atoms with van der Waals surface area (Å²) in [5, 5.41) is 22.6. The predicted octanol–water partition coefficient (Wildman–Crippen LogP) is 0.882. The number of benzene rings is 1. The van der Waals surface area contributed by atoms with E-state index in [9.17, 15) is 9.59 Å². The number of carbonyl (C=O) groups excluding carboxylic acids is 1. The van der Waals surface area contributed by atoms with Gasteiger partial charge in [0.2, 0.25) is 0 Å². The SMILES string of the molecule is CCC(NC(=O)NCC(O)C(=O)O)c1ccccc1. The summed E-state index contributed by atoms with van der Waals surface area (Å²) in [4.78, 5) is 22.0. The number of amides is 2. The maximum absolute atomic E-state index is 11.6. The van der Waals surface area contributed by atoms with Gasteiger partial charge >= 0.3 is 12.0 Å². The van der Waals surface area contributed by atoms with Crippen molar-refractivity contribution in [3.05, 3.63) is 35.9 Å². The summed E-state index contributed by atoms with van der Waals surface area (Å²) in [7, 11) is 0. The van der Waals surface area contributed by atoms with Gasteiger partial charge < -0.3 is 20.8 Å². The third kappa shape index (κ3) is 4.97. The second-order valence-electron chi connectivity index (χ2n) is 4.08. The van der Waals surface area contributed by atoms with E-state index in [4.69, 9.17) is 10.2 Å². The second kappa shape index (κ2) is 7.38. The molecule has 0 bridgehead atoms. The molecular formula is C13H18N2O4. The molecule has 0 saturated carbocycles. The van der Waals surface area contributed by atoms with E-state index in [-0.39, 0.29) is 12.6 Å². The van der Waals surface area contributed by atoms with Crippen LogP contribution in [0.5, 0.6) is 0 Å². The predicted molar refractivity (Wildman–Crippen MR) is 69.7 cm³/mol. The molecule has 0 aliphatic rings. The van der Waals surface area contributed by atoms with Crippen molar-refractivity contribution in [2.24, 2.45) is 0 Å². The Kier molecular flexibility index (Phi) is 5.81. The number of aliphatic hydroxyl groups is 1. The van der Waals surface area contributed by atoms with E-state index in [1.54, 1.807) is 0 Å². The summed E-state index contributed by atoms with van der Waals surface area (Å²) in [6, 6.07) is 8.80. The van der Waals surface area contributed by atoms with Gasteiger partial charge in [0.25, 0.3) is 0 Å². The smallest absolute Gasteiger partial charge is 0.334 e. The first-order valence-corrected chi connectivity index (χ1v) is 6.04. The van der Waals surface area contributed by atoms with Gasteiger partial charge in [-0.15, -0.1) is 0 Å². The molecular weight excluding hydrogens is 248 g/mol. The van der Waals surface area contributed by atoms with Crippen LogP contribution in [0, 0.1) is 0 Å². The minimum atomic E-state index is -1.59. The molecule has 2 atom stereocenters. The number of urea groups is 1. The highest BCUT2D eigenvalue weighted by Gasteiger charge is 2.16. The number of nitrogens with one attached hydrogen (secondary N) is 2. The zero-order chi connectivity index (χ0) is 14.3. The van der Waals surface area contributed by atoms with Crippen molar-refractivity contribution in [2.45, 2.75) is 25.5 Å². The second-order valence-corrected chi connectivity index (χ2v) is 4.08. The standard InChI is InChI=1S/C13H18N2O4/c1-2-10(9-6-4-3-5-7-9)15-13(19)14-8-11(16)12(17)18/h3-7,10-11,16H,2,8H2,1H3,(H,17,18)(H2,14,15,19). The van der Waals surface area contributed by atoms with Crippen molar-refractivity contribution < 1.29 is 19.8 Å². The van der Waals surface area contributed by atoms with Crippen molar-refractivity contribution in [1.82, 2.24) is 10.6 Å². The molecule has 0 aliphatic carbocycles. The first-order chi connectivity index (χ1) is 9.04. The molecule has 2 unspecified atom stereocenters. The number of rotatable bonds is 6. The topological polar surface area (TPSA) is 98.7 Å². The van der Waals surface area contributed by atoms with Crippen LogP contribution in [0.1, 0.15) is 24.9 Å². The van der Waals surface area contributed by atoms with Crippen molar-refractivity contribution >= 4 is 12.0 Å². The average Bonchev–Trinajstić information content (AvgIpc) is 2.42. The maximum Gasteiger partial charge on any atom is 0.334 e. The van der Waals surface area contributed by atoms with Gasteiger partial charge in [0, 0.05) is 0 Å². The Bertz CT molecular complexity index is 422. The van der Waals surface area contributed by atoms with E-state index in [0.29, 0.717) is 6.42 Å². The fraction of sp³-hybridized carbons (Fsp3) is 0.385. The number of hydrogen-bond acceptors (Lipinski definition) is 3. The Morgan fingerprint density at radius 2 is 1.89 bits per heavy atom. The molecule has 6 heteroatoms. The Hall–Kier alpha value is -2.08. The van der Waals surface area contributed by atoms with E-state index in [1.807, 2.05) is 37.3 Å². The molecule has 104 valence electrons. The number of aliphatic carboxylic acids is 1. The van der Waals surface area contributed by atoms with E-state index in [2.05, 4.69) is 10.6 Å². The maximum atomic E-state index is 11.6. The van der Waals surface area contributed by atoms with Gasteiger partial charge in [0.05, 0.1) is 12.6 Å². The summed E-state index contributed by atoms with van der Waals surface area (Å²) in [6.07, 6.45) is -0.888. The highest BCUT2D eigenvalue weighted by Crippen LogP contribution is 2.15. The number of carboxylic acids is 1. The number of hydrogen-bond donors (Lipinski definition) is 4. The quantitative estimate of drug-likeness (QED) is 0.614. The lowest BCUT2D eigenvalue weighted by Gasteiger charge is -2.18. The zero-order valence-corrected chi connectivity index (χ0v) is 10.7. The summed E-state index contributed by atoms with van der Waals surface area (Å²) in [5.41, 5.74) is 0.971. The van der Waals surface area contributed by atoms with E-state index >= 15 is 0 Å². The normalized spacial score (nSPS) is 13.4. The molecule has 1 aromatic rings. The molecule has 19 heavy (non-hydrogen) atoms. The zero-order valence-electron chi connectivity index (χ0n) is 10.7. The van der Waals surface area contributed by atoms with Crippen LogP contribution < -0.4 is 10.6 Å². The van der Waals surface area contributed by atoms with Gasteiger partial charge in [0.15, 0.2) is 6.10 Å². The first kappa shape index (κ1) is 15.0. The van der Waals surface area contributed by atoms with Crippen LogP contribution in [0.15, 0.2) is 30.3 Å². The minimum Gasteiger partial charge on any atom is -0.479 e. The molecule has 0 spiro atoms. The Labute approximate surface area is 111 Å². The van der Waals surface area contributed by atoms with Gasteiger partial charge in [0.1, 0.15) is 0 Å². The van der Waals surface area contributed by atoms with E-state index < -0.39 is 18.1 Å². The number of aliphatic hydroxyl groups excluding tert-OH is 1. The van der Waals surface area contributed by atoms with Crippen LogP contribution in [0.25, 0.3) is 0 Å². The third-order valence-corrected chi connectivity index (χ3v) is 2.66. The molecule has 0 radical (unpaired) electrons. The first-order valence-electron chi connectivity index (χ1n) is 6.04. The van der Waals surface area contributed by atoms with Crippen LogP contribution in [0.2, 0.25) is 0 Å². The van der Waals surface area contributed by atoms with Crippen molar-refractivity contribution in [2.75, 3.05) is 6.54 Å². The lowest BCUT2D eigenvalue weighted by Crippen LogP contribution is -2.43. The molecule has 0 aromatic heterocycles.